The number of nitrogens with zero attached hydrogens (tertiary/aromatic N) is 4. The molecule has 0 fully saturated rings. The first-order valence-corrected chi connectivity index (χ1v) is 10.5. The standard InChI is InChI=1S/C26H24FN5O/c1-16-5-6-17(18-7-10-30-24(13-18)26(2,3)27)11-20(16)22-14-21(31-15-32-22)19-8-9-29-23(12-19)25(33)28-4/h5-15H,1-4H3,(H,28,33). The average molecular weight is 442 g/mol. The fourth-order valence-corrected chi connectivity index (χ4v) is 3.52. The minimum absolute atomic E-state index is 0.261. The highest BCUT2D eigenvalue weighted by Crippen LogP contribution is 2.32. The second-order valence-electron chi connectivity index (χ2n) is 8.23. The Morgan fingerprint density at radius 1 is 0.848 bits per heavy atom. The van der Waals surface area contributed by atoms with Gasteiger partial charge in [0, 0.05) is 30.6 Å². The minimum Gasteiger partial charge on any atom is -0.354 e. The van der Waals surface area contributed by atoms with E-state index in [1.807, 2.05) is 37.3 Å². The molecule has 0 spiro atoms. The summed E-state index contributed by atoms with van der Waals surface area (Å²) in [4.78, 5) is 29.1. The number of aromatic nitrogens is 4. The van der Waals surface area contributed by atoms with E-state index in [0.29, 0.717) is 17.1 Å². The summed E-state index contributed by atoms with van der Waals surface area (Å²) in [6.45, 7) is 5.01. The van der Waals surface area contributed by atoms with Crippen LogP contribution in [-0.2, 0) is 5.67 Å². The molecule has 6 nitrogen and oxygen atoms in total. The molecule has 4 aromatic rings. The smallest absolute Gasteiger partial charge is 0.269 e. The second kappa shape index (κ2) is 8.86. The molecule has 3 heterocycles. The van der Waals surface area contributed by atoms with Gasteiger partial charge in [-0.25, -0.2) is 14.4 Å². The van der Waals surface area contributed by atoms with Crippen LogP contribution in [0, 0.1) is 6.92 Å². The molecule has 1 amide bonds. The van der Waals surface area contributed by atoms with E-state index in [4.69, 9.17) is 0 Å². The highest BCUT2D eigenvalue weighted by atomic mass is 19.1. The molecular formula is C26H24FN5O. The number of halogens is 1. The van der Waals surface area contributed by atoms with Crippen LogP contribution >= 0.6 is 0 Å². The van der Waals surface area contributed by atoms with Gasteiger partial charge in [0.05, 0.1) is 17.1 Å². The van der Waals surface area contributed by atoms with Crippen LogP contribution in [0.1, 0.15) is 35.6 Å². The van der Waals surface area contributed by atoms with Crippen LogP contribution in [0.2, 0.25) is 0 Å². The lowest BCUT2D eigenvalue weighted by Gasteiger charge is -2.15. The van der Waals surface area contributed by atoms with Gasteiger partial charge in [0.15, 0.2) is 0 Å². The van der Waals surface area contributed by atoms with Crippen LogP contribution < -0.4 is 5.32 Å². The van der Waals surface area contributed by atoms with Crippen molar-refractivity contribution in [2.75, 3.05) is 7.05 Å². The van der Waals surface area contributed by atoms with E-state index < -0.39 is 5.67 Å². The number of hydrogen-bond donors (Lipinski definition) is 1. The number of hydrogen-bond acceptors (Lipinski definition) is 5. The van der Waals surface area contributed by atoms with Crippen LogP contribution in [0.25, 0.3) is 33.6 Å². The average Bonchev–Trinajstić information content (AvgIpc) is 2.83. The van der Waals surface area contributed by atoms with Crippen molar-refractivity contribution in [2.45, 2.75) is 26.4 Å². The Morgan fingerprint density at radius 3 is 2.30 bits per heavy atom. The summed E-state index contributed by atoms with van der Waals surface area (Å²) >= 11 is 0. The number of pyridine rings is 2. The molecule has 0 unspecified atom stereocenters. The highest BCUT2D eigenvalue weighted by Gasteiger charge is 2.21. The Labute approximate surface area is 192 Å². The van der Waals surface area contributed by atoms with E-state index >= 15 is 0 Å². The molecule has 0 aliphatic heterocycles. The predicted molar refractivity (Wildman–Crippen MR) is 126 cm³/mol. The van der Waals surface area contributed by atoms with Gasteiger partial charge in [-0.1, -0.05) is 12.1 Å². The summed E-state index contributed by atoms with van der Waals surface area (Å²) in [7, 11) is 1.57. The number of carbonyl (C=O) groups excluding carboxylic acids is 1. The number of carbonyl (C=O) groups is 1. The van der Waals surface area contributed by atoms with Crippen molar-refractivity contribution in [3.63, 3.8) is 0 Å². The third-order valence-electron chi connectivity index (χ3n) is 5.40. The molecule has 1 N–H and O–H groups in total. The maximum Gasteiger partial charge on any atom is 0.269 e. The molecule has 166 valence electrons. The molecule has 33 heavy (non-hydrogen) atoms. The van der Waals surface area contributed by atoms with E-state index in [1.54, 1.807) is 37.6 Å². The second-order valence-corrected chi connectivity index (χ2v) is 8.23. The molecule has 0 aliphatic rings. The number of benzene rings is 1. The summed E-state index contributed by atoms with van der Waals surface area (Å²) in [5.74, 6) is -0.261. The van der Waals surface area contributed by atoms with Crippen molar-refractivity contribution in [3.05, 3.63) is 84.2 Å². The predicted octanol–water partition coefficient (Wildman–Crippen LogP) is 5.14. The molecule has 1 aromatic carbocycles. The molecule has 0 radical (unpaired) electrons. The number of rotatable bonds is 5. The van der Waals surface area contributed by atoms with Crippen LogP contribution in [0.3, 0.4) is 0 Å². The molecule has 0 saturated carbocycles. The maximum atomic E-state index is 14.4. The van der Waals surface area contributed by atoms with Crippen LogP contribution in [-0.4, -0.2) is 32.9 Å². The summed E-state index contributed by atoms with van der Waals surface area (Å²) in [5, 5.41) is 2.58. The third-order valence-corrected chi connectivity index (χ3v) is 5.40. The molecule has 0 atom stereocenters. The maximum absolute atomic E-state index is 14.4. The van der Waals surface area contributed by atoms with Crippen LogP contribution in [0.4, 0.5) is 4.39 Å². The van der Waals surface area contributed by atoms with E-state index in [2.05, 4.69) is 25.3 Å². The number of aryl methyl sites for hydroxylation is 1. The van der Waals surface area contributed by atoms with Gasteiger partial charge in [-0.05, 0) is 73.9 Å². The van der Waals surface area contributed by atoms with Gasteiger partial charge in [-0.2, -0.15) is 0 Å². The van der Waals surface area contributed by atoms with Gasteiger partial charge in [0.2, 0.25) is 0 Å². The SMILES string of the molecule is CNC(=O)c1cc(-c2cc(-c3cc(-c4ccnc(C(C)(C)F)c4)ccc3C)ncn2)ccn1. The first kappa shape index (κ1) is 22.2. The Kier molecular flexibility index (Phi) is 5.96. The van der Waals surface area contributed by atoms with Crippen molar-refractivity contribution in [1.82, 2.24) is 25.3 Å². The first-order valence-electron chi connectivity index (χ1n) is 10.5. The number of nitrogens with one attached hydrogen (secondary N) is 1. The van der Waals surface area contributed by atoms with Crippen molar-refractivity contribution in [1.29, 1.82) is 0 Å². The Balaban J connectivity index is 1.75. The van der Waals surface area contributed by atoms with Gasteiger partial charge in [0.1, 0.15) is 17.7 Å². The molecule has 3 aromatic heterocycles. The third kappa shape index (κ3) is 4.77. The van der Waals surface area contributed by atoms with E-state index in [0.717, 1.165) is 33.5 Å². The fourth-order valence-electron chi connectivity index (χ4n) is 3.52. The van der Waals surface area contributed by atoms with Crippen molar-refractivity contribution < 1.29 is 9.18 Å². The van der Waals surface area contributed by atoms with Crippen LogP contribution in [0.5, 0.6) is 0 Å². The normalized spacial score (nSPS) is 11.3. The zero-order chi connectivity index (χ0) is 23.6. The van der Waals surface area contributed by atoms with E-state index in [9.17, 15) is 9.18 Å². The quantitative estimate of drug-likeness (QED) is 0.464. The lowest BCUT2D eigenvalue weighted by molar-refractivity contribution is 0.0958. The minimum atomic E-state index is -1.52. The number of alkyl halides is 1. The van der Waals surface area contributed by atoms with Gasteiger partial charge in [-0.3, -0.25) is 14.8 Å². The highest BCUT2D eigenvalue weighted by molar-refractivity contribution is 5.93. The van der Waals surface area contributed by atoms with Gasteiger partial charge < -0.3 is 5.32 Å². The molecule has 4 rings (SSSR count). The van der Waals surface area contributed by atoms with E-state index in [1.165, 1.54) is 20.2 Å². The molecule has 7 heteroatoms. The largest absolute Gasteiger partial charge is 0.354 e. The Bertz CT molecular complexity index is 1330. The zero-order valence-electron chi connectivity index (χ0n) is 18.9. The summed E-state index contributed by atoms with van der Waals surface area (Å²) in [6.07, 6.45) is 4.72. The van der Waals surface area contributed by atoms with Crippen molar-refractivity contribution in [3.8, 4) is 33.6 Å². The monoisotopic (exact) mass is 441 g/mol. The van der Waals surface area contributed by atoms with Crippen molar-refractivity contribution in [2.24, 2.45) is 0 Å². The molecule has 0 aliphatic carbocycles. The van der Waals surface area contributed by atoms with Crippen LogP contribution in [0.15, 0.2) is 67.3 Å². The summed E-state index contributed by atoms with van der Waals surface area (Å²) in [6, 6.07) is 15.1. The summed E-state index contributed by atoms with van der Waals surface area (Å²) < 4.78 is 14.4. The number of amides is 1. The van der Waals surface area contributed by atoms with Gasteiger partial charge in [0.25, 0.3) is 5.91 Å². The Hall–Kier alpha value is -4.00. The molecule has 0 bridgehead atoms. The Morgan fingerprint density at radius 2 is 1.55 bits per heavy atom. The lowest BCUT2D eigenvalue weighted by Crippen LogP contribution is -2.19. The lowest BCUT2D eigenvalue weighted by atomic mass is 9.96. The molecule has 0 saturated heterocycles. The summed E-state index contributed by atoms with van der Waals surface area (Å²) in [5.41, 5.74) is 5.18. The fraction of sp³-hybridized carbons (Fsp3) is 0.192. The van der Waals surface area contributed by atoms with Gasteiger partial charge in [-0.15, -0.1) is 0 Å². The topological polar surface area (TPSA) is 80.7 Å². The first-order chi connectivity index (χ1) is 15.8. The van der Waals surface area contributed by atoms with E-state index in [-0.39, 0.29) is 5.91 Å². The molecular weight excluding hydrogens is 417 g/mol. The van der Waals surface area contributed by atoms with Crippen molar-refractivity contribution >= 4 is 5.91 Å². The van der Waals surface area contributed by atoms with Gasteiger partial charge >= 0.3 is 0 Å². The zero-order valence-corrected chi connectivity index (χ0v) is 18.9.